The Morgan fingerprint density at radius 1 is 0.938 bits per heavy atom. The second-order valence-corrected chi connectivity index (χ2v) is 6.94. The van der Waals surface area contributed by atoms with E-state index >= 15 is 0 Å². The predicted molar refractivity (Wildman–Crippen MR) is 110 cm³/mol. The lowest BCUT2D eigenvalue weighted by Crippen LogP contribution is -2.09. The van der Waals surface area contributed by atoms with Gasteiger partial charge in [0.25, 0.3) is 0 Å². The quantitative estimate of drug-likeness (QED) is 0.448. The van der Waals surface area contributed by atoms with E-state index in [-0.39, 0.29) is 6.54 Å². The van der Waals surface area contributed by atoms with Crippen molar-refractivity contribution < 1.29 is 13.2 Å². The number of rotatable bonds is 5. The van der Waals surface area contributed by atoms with Crippen molar-refractivity contribution in [3.05, 3.63) is 84.8 Å². The van der Waals surface area contributed by atoms with E-state index in [1.54, 1.807) is 34.2 Å². The molecule has 0 radical (unpaired) electrons. The van der Waals surface area contributed by atoms with Gasteiger partial charge in [0.05, 0.1) is 42.0 Å². The summed E-state index contributed by atoms with van der Waals surface area (Å²) in [6.07, 6.45) is 3.59. The summed E-state index contributed by atoms with van der Waals surface area (Å²) in [6, 6.07) is 11.9. The van der Waals surface area contributed by atoms with E-state index in [4.69, 9.17) is 0 Å². The first-order chi connectivity index (χ1) is 15.5. The lowest BCUT2D eigenvalue weighted by atomic mass is 10.2. The molecule has 5 rings (SSSR count). The molecule has 160 valence electrons. The van der Waals surface area contributed by atoms with Crippen LogP contribution in [-0.2, 0) is 12.7 Å². The summed E-state index contributed by atoms with van der Waals surface area (Å²) >= 11 is 0. The van der Waals surface area contributed by atoms with Crippen LogP contribution in [0.25, 0.3) is 22.3 Å². The molecule has 0 saturated heterocycles. The first-order valence-electron chi connectivity index (χ1n) is 9.54. The van der Waals surface area contributed by atoms with Crippen LogP contribution in [0.1, 0.15) is 11.4 Å². The van der Waals surface area contributed by atoms with Gasteiger partial charge in [-0.15, -0.1) is 5.10 Å². The Balaban J connectivity index is 1.30. The third-order valence-corrected chi connectivity index (χ3v) is 4.80. The zero-order chi connectivity index (χ0) is 22.1. The zero-order valence-electron chi connectivity index (χ0n) is 16.4. The third kappa shape index (κ3) is 3.87. The number of anilines is 1. The number of nitrogens with zero attached hydrogens (tertiary/aromatic N) is 7. The van der Waals surface area contributed by atoms with Crippen LogP contribution in [0.5, 0.6) is 0 Å². The highest BCUT2D eigenvalue weighted by atomic mass is 19.4. The number of pyridine rings is 2. The molecular formula is C21H15F3N8. The van der Waals surface area contributed by atoms with Gasteiger partial charge in [-0.1, -0.05) is 5.21 Å². The van der Waals surface area contributed by atoms with Gasteiger partial charge in [-0.2, -0.15) is 18.3 Å². The molecule has 1 aromatic carbocycles. The van der Waals surface area contributed by atoms with E-state index in [2.05, 4.69) is 30.7 Å². The van der Waals surface area contributed by atoms with E-state index in [1.807, 2.05) is 30.3 Å². The van der Waals surface area contributed by atoms with Crippen LogP contribution in [0.2, 0.25) is 0 Å². The molecule has 0 aliphatic carbocycles. The van der Waals surface area contributed by atoms with E-state index in [1.165, 1.54) is 6.07 Å². The first kappa shape index (κ1) is 19.7. The van der Waals surface area contributed by atoms with Crippen LogP contribution in [0.15, 0.2) is 73.4 Å². The number of alkyl halides is 3. The molecule has 0 unspecified atom stereocenters. The first-order valence-corrected chi connectivity index (χ1v) is 9.54. The Morgan fingerprint density at radius 3 is 2.56 bits per heavy atom. The third-order valence-electron chi connectivity index (χ3n) is 4.80. The predicted octanol–water partition coefficient (Wildman–Crippen LogP) is 4.03. The molecule has 1 N–H and O–H groups in total. The van der Waals surface area contributed by atoms with Crippen LogP contribution in [0, 0.1) is 0 Å². The Bertz CT molecular complexity index is 1370. The highest BCUT2D eigenvalue weighted by Gasteiger charge is 2.32. The van der Waals surface area contributed by atoms with Crippen molar-refractivity contribution in [3.63, 3.8) is 0 Å². The number of fused-ring (bicyclic) bond motifs is 1. The Labute approximate surface area is 179 Å². The molecule has 0 aliphatic heterocycles. The molecule has 0 amide bonds. The monoisotopic (exact) mass is 436 g/mol. The van der Waals surface area contributed by atoms with Gasteiger partial charge in [-0.05, 0) is 42.5 Å². The summed E-state index contributed by atoms with van der Waals surface area (Å²) in [5.41, 5.74) is 2.48. The van der Waals surface area contributed by atoms with Crippen LogP contribution in [0.4, 0.5) is 18.9 Å². The molecule has 0 aliphatic rings. The van der Waals surface area contributed by atoms with Crippen LogP contribution >= 0.6 is 0 Å². The summed E-state index contributed by atoms with van der Waals surface area (Å²) in [7, 11) is 0. The standard InChI is InChI=1S/C21H15F3N8/c22-21(23,24)20-9-15(6-8-26-20)27-11-16-13-31(30-29-16)17-1-3-18(4-2-17)32-19-12-25-7-5-14(19)10-28-32/h1-10,12-13H,11H2,(H,26,27). The summed E-state index contributed by atoms with van der Waals surface area (Å²) in [5, 5.41) is 16.5. The van der Waals surface area contributed by atoms with Crippen molar-refractivity contribution >= 4 is 16.6 Å². The van der Waals surface area contributed by atoms with Crippen molar-refractivity contribution in [2.75, 3.05) is 5.32 Å². The molecule has 32 heavy (non-hydrogen) atoms. The van der Waals surface area contributed by atoms with Gasteiger partial charge in [0.1, 0.15) is 11.4 Å². The lowest BCUT2D eigenvalue weighted by molar-refractivity contribution is -0.141. The number of hydrogen-bond donors (Lipinski definition) is 1. The van der Waals surface area contributed by atoms with Crippen molar-refractivity contribution in [2.24, 2.45) is 0 Å². The Kier molecular flexibility index (Phi) is 4.77. The number of benzene rings is 1. The fraction of sp³-hybridized carbons (Fsp3) is 0.0952. The summed E-state index contributed by atoms with van der Waals surface area (Å²) in [6.45, 7) is 0.214. The molecule has 0 fully saturated rings. The molecule has 0 saturated carbocycles. The van der Waals surface area contributed by atoms with E-state index in [9.17, 15) is 13.2 Å². The topological polar surface area (TPSA) is 86.3 Å². The second-order valence-electron chi connectivity index (χ2n) is 6.94. The van der Waals surface area contributed by atoms with Gasteiger partial charge in [0.2, 0.25) is 0 Å². The number of aromatic nitrogens is 7. The van der Waals surface area contributed by atoms with Crippen molar-refractivity contribution in [1.29, 1.82) is 0 Å². The van der Waals surface area contributed by atoms with Gasteiger partial charge < -0.3 is 5.32 Å². The van der Waals surface area contributed by atoms with Gasteiger partial charge in [-0.3, -0.25) is 9.97 Å². The molecule has 8 nitrogen and oxygen atoms in total. The van der Waals surface area contributed by atoms with Gasteiger partial charge >= 0.3 is 6.18 Å². The molecule has 4 heterocycles. The number of nitrogens with one attached hydrogen (secondary N) is 1. The van der Waals surface area contributed by atoms with E-state index < -0.39 is 11.9 Å². The Hall–Kier alpha value is -4.28. The summed E-state index contributed by atoms with van der Waals surface area (Å²) < 4.78 is 41.8. The smallest absolute Gasteiger partial charge is 0.379 e. The van der Waals surface area contributed by atoms with Gasteiger partial charge in [0, 0.05) is 23.5 Å². The fourth-order valence-corrected chi connectivity index (χ4v) is 3.21. The molecular weight excluding hydrogens is 421 g/mol. The Morgan fingerprint density at radius 2 is 1.75 bits per heavy atom. The zero-order valence-corrected chi connectivity index (χ0v) is 16.4. The molecule has 0 spiro atoms. The van der Waals surface area contributed by atoms with Crippen LogP contribution in [-0.4, -0.2) is 34.7 Å². The number of halogens is 3. The second kappa shape index (κ2) is 7.76. The van der Waals surface area contributed by atoms with Gasteiger partial charge in [-0.25, -0.2) is 9.36 Å². The molecule has 5 aromatic rings. The lowest BCUT2D eigenvalue weighted by Gasteiger charge is -2.08. The maximum atomic E-state index is 12.8. The minimum atomic E-state index is -4.49. The average molecular weight is 436 g/mol. The minimum absolute atomic E-state index is 0.214. The molecule has 0 bridgehead atoms. The van der Waals surface area contributed by atoms with E-state index in [0.29, 0.717) is 11.4 Å². The molecule has 4 aromatic heterocycles. The SMILES string of the molecule is FC(F)(F)c1cc(NCc2cn(-c3ccc(-n4ncc5ccncc54)cc3)nn2)ccn1. The fourth-order valence-electron chi connectivity index (χ4n) is 3.21. The minimum Gasteiger partial charge on any atom is -0.379 e. The van der Waals surface area contributed by atoms with Gasteiger partial charge in [0.15, 0.2) is 0 Å². The summed E-state index contributed by atoms with van der Waals surface area (Å²) in [5.74, 6) is 0. The number of hydrogen-bond acceptors (Lipinski definition) is 6. The maximum Gasteiger partial charge on any atom is 0.433 e. The molecule has 11 heteroatoms. The highest BCUT2D eigenvalue weighted by Crippen LogP contribution is 2.28. The normalized spacial score (nSPS) is 11.7. The van der Waals surface area contributed by atoms with Crippen LogP contribution in [0.3, 0.4) is 0 Å². The average Bonchev–Trinajstić information content (AvgIpc) is 3.45. The molecule has 0 atom stereocenters. The largest absolute Gasteiger partial charge is 0.433 e. The van der Waals surface area contributed by atoms with Crippen molar-refractivity contribution in [2.45, 2.75) is 12.7 Å². The van der Waals surface area contributed by atoms with E-state index in [0.717, 1.165) is 34.5 Å². The highest BCUT2D eigenvalue weighted by molar-refractivity contribution is 5.79. The van der Waals surface area contributed by atoms with Crippen molar-refractivity contribution in [1.82, 2.24) is 34.7 Å². The van der Waals surface area contributed by atoms with Crippen LogP contribution < -0.4 is 5.32 Å². The summed E-state index contributed by atoms with van der Waals surface area (Å²) in [4.78, 5) is 7.49. The van der Waals surface area contributed by atoms with Crippen molar-refractivity contribution in [3.8, 4) is 11.4 Å². The maximum absolute atomic E-state index is 12.8.